The monoisotopic (exact) mass is 404 g/mol. The zero-order chi connectivity index (χ0) is 20.1. The van der Waals surface area contributed by atoms with E-state index in [0.717, 1.165) is 16.3 Å². The van der Waals surface area contributed by atoms with Crippen molar-refractivity contribution in [3.63, 3.8) is 0 Å². The molecule has 5 nitrogen and oxygen atoms in total. The third-order valence-corrected chi connectivity index (χ3v) is 5.68. The molecule has 6 heteroatoms. The fraction of sp³-hybridized carbons (Fsp3) is 0.130. The zero-order valence-electron chi connectivity index (χ0n) is 15.7. The second kappa shape index (κ2) is 8.84. The van der Waals surface area contributed by atoms with Gasteiger partial charge in [-0.15, -0.1) is 11.8 Å². The number of aromatic nitrogens is 1. The zero-order valence-corrected chi connectivity index (χ0v) is 16.5. The molecule has 4 aromatic rings. The first kappa shape index (κ1) is 19.1. The van der Waals surface area contributed by atoms with Crippen LogP contribution in [-0.4, -0.2) is 10.5 Å². The number of rotatable bonds is 7. The van der Waals surface area contributed by atoms with Crippen LogP contribution in [0.25, 0.3) is 11.1 Å². The Hall–Kier alpha value is -3.25. The van der Waals surface area contributed by atoms with Crippen LogP contribution in [0.3, 0.4) is 0 Å². The molecule has 0 saturated carbocycles. The maximum absolute atomic E-state index is 12.5. The van der Waals surface area contributed by atoms with E-state index in [0.29, 0.717) is 11.1 Å². The molecule has 0 fully saturated rings. The highest BCUT2D eigenvalue weighted by molar-refractivity contribution is 7.98. The van der Waals surface area contributed by atoms with Crippen molar-refractivity contribution in [1.29, 1.82) is 0 Å². The highest BCUT2D eigenvalue weighted by atomic mass is 32.2. The molecular weight excluding hydrogens is 384 g/mol. The fourth-order valence-electron chi connectivity index (χ4n) is 3.08. The molecule has 0 aliphatic carbocycles. The Morgan fingerprint density at radius 1 is 0.931 bits per heavy atom. The maximum Gasteiger partial charge on any atom is 0.419 e. The van der Waals surface area contributed by atoms with Gasteiger partial charge in [0.25, 0.3) is 0 Å². The topological polar surface area (TPSA) is 64.2 Å². The van der Waals surface area contributed by atoms with Gasteiger partial charge in [0.15, 0.2) is 5.58 Å². The van der Waals surface area contributed by atoms with E-state index < -0.39 is 5.76 Å². The molecule has 0 aliphatic rings. The Kier molecular flexibility index (Phi) is 5.81. The average Bonchev–Trinajstić information content (AvgIpc) is 3.07. The summed E-state index contributed by atoms with van der Waals surface area (Å²) in [7, 11) is 0. The number of anilines is 1. The molecule has 0 bridgehead atoms. The summed E-state index contributed by atoms with van der Waals surface area (Å²) in [5, 5.41) is 2.97. The highest BCUT2D eigenvalue weighted by Gasteiger charge is 2.12. The van der Waals surface area contributed by atoms with Crippen molar-refractivity contribution in [2.24, 2.45) is 0 Å². The number of nitrogens with zero attached hydrogens (tertiary/aromatic N) is 1. The number of aryl methyl sites for hydroxylation is 1. The van der Waals surface area contributed by atoms with Crippen molar-refractivity contribution in [2.45, 2.75) is 23.6 Å². The molecule has 4 rings (SSSR count). The number of amides is 1. The second-order valence-corrected chi connectivity index (χ2v) is 7.57. The predicted octanol–water partition coefficient (Wildman–Crippen LogP) is 4.92. The molecule has 3 aromatic carbocycles. The van der Waals surface area contributed by atoms with E-state index in [-0.39, 0.29) is 18.9 Å². The summed E-state index contributed by atoms with van der Waals surface area (Å²) in [6.45, 7) is 0.265. The van der Waals surface area contributed by atoms with Crippen molar-refractivity contribution in [2.75, 3.05) is 5.32 Å². The number of carbonyl (C=O) groups excluding carboxylic acids is 1. The van der Waals surface area contributed by atoms with Crippen LogP contribution >= 0.6 is 11.8 Å². The molecular formula is C23H20N2O3S. The van der Waals surface area contributed by atoms with Crippen LogP contribution in [-0.2, 0) is 17.1 Å². The fourth-order valence-corrected chi connectivity index (χ4v) is 4.05. The predicted molar refractivity (Wildman–Crippen MR) is 116 cm³/mol. The first-order valence-corrected chi connectivity index (χ1v) is 10.3. The molecule has 1 aromatic heterocycles. The Balaban J connectivity index is 1.41. The SMILES string of the molecule is O=C(CCn1c(=O)oc2ccccc21)Nc1ccccc1SCc1ccccc1. The van der Waals surface area contributed by atoms with Crippen molar-refractivity contribution in [3.8, 4) is 0 Å². The molecule has 0 saturated heterocycles. The Morgan fingerprint density at radius 3 is 2.52 bits per heavy atom. The Labute approximate surface area is 172 Å². The van der Waals surface area contributed by atoms with Crippen LogP contribution in [0.5, 0.6) is 0 Å². The summed E-state index contributed by atoms with van der Waals surface area (Å²) in [4.78, 5) is 25.6. The van der Waals surface area contributed by atoms with Crippen molar-refractivity contribution < 1.29 is 9.21 Å². The minimum absolute atomic E-state index is 0.144. The number of hydrogen-bond acceptors (Lipinski definition) is 4. The van der Waals surface area contributed by atoms with Crippen molar-refractivity contribution in [1.82, 2.24) is 4.57 Å². The van der Waals surface area contributed by atoms with Gasteiger partial charge in [0.1, 0.15) is 0 Å². The normalized spacial score (nSPS) is 10.9. The molecule has 0 spiro atoms. The lowest BCUT2D eigenvalue weighted by Gasteiger charge is -2.11. The molecule has 146 valence electrons. The molecule has 0 aliphatic heterocycles. The molecule has 0 radical (unpaired) electrons. The van der Waals surface area contributed by atoms with Gasteiger partial charge in [-0.3, -0.25) is 9.36 Å². The molecule has 0 atom stereocenters. The lowest BCUT2D eigenvalue weighted by atomic mass is 10.2. The number of nitrogens with one attached hydrogen (secondary N) is 1. The van der Waals surface area contributed by atoms with Gasteiger partial charge in [0, 0.05) is 23.6 Å². The van der Waals surface area contributed by atoms with Gasteiger partial charge in [-0.25, -0.2) is 4.79 Å². The third-order valence-electron chi connectivity index (χ3n) is 4.53. The summed E-state index contributed by atoms with van der Waals surface area (Å²) < 4.78 is 6.71. The lowest BCUT2D eigenvalue weighted by Crippen LogP contribution is -2.20. The van der Waals surface area contributed by atoms with E-state index >= 15 is 0 Å². The summed E-state index contributed by atoms with van der Waals surface area (Å²) >= 11 is 1.68. The van der Waals surface area contributed by atoms with Crippen LogP contribution in [0.2, 0.25) is 0 Å². The van der Waals surface area contributed by atoms with Crippen LogP contribution in [0.1, 0.15) is 12.0 Å². The van der Waals surface area contributed by atoms with Gasteiger partial charge < -0.3 is 9.73 Å². The van der Waals surface area contributed by atoms with Crippen molar-refractivity contribution >= 4 is 34.5 Å². The Bertz CT molecular complexity index is 1180. The minimum atomic E-state index is -0.446. The summed E-state index contributed by atoms with van der Waals surface area (Å²) in [6, 6.07) is 25.2. The number of oxazole rings is 1. The first-order valence-electron chi connectivity index (χ1n) is 9.35. The van der Waals surface area contributed by atoms with Crippen LogP contribution < -0.4 is 11.1 Å². The third kappa shape index (κ3) is 4.60. The number of fused-ring (bicyclic) bond motifs is 1. The van der Waals surface area contributed by atoms with Gasteiger partial charge in [0.2, 0.25) is 5.91 Å². The molecule has 0 unspecified atom stereocenters. The van der Waals surface area contributed by atoms with Gasteiger partial charge in [-0.1, -0.05) is 54.6 Å². The highest BCUT2D eigenvalue weighted by Crippen LogP contribution is 2.29. The summed E-state index contributed by atoms with van der Waals surface area (Å²) in [5.41, 5.74) is 3.23. The standard InChI is InChI=1S/C23H20N2O3S/c26-22(14-15-25-19-11-5-6-12-20(19)28-23(25)27)24-18-10-4-7-13-21(18)29-16-17-8-2-1-3-9-17/h1-13H,14-16H2,(H,24,26). The molecule has 1 N–H and O–H groups in total. The van der Waals surface area contributed by atoms with Gasteiger partial charge in [-0.05, 0) is 29.8 Å². The van der Waals surface area contributed by atoms with E-state index in [1.54, 1.807) is 17.8 Å². The number of benzene rings is 3. The van der Waals surface area contributed by atoms with Gasteiger partial charge in [0.05, 0.1) is 11.2 Å². The number of carbonyl (C=O) groups is 1. The Morgan fingerprint density at radius 2 is 1.66 bits per heavy atom. The molecule has 29 heavy (non-hydrogen) atoms. The van der Waals surface area contributed by atoms with E-state index in [4.69, 9.17) is 4.42 Å². The minimum Gasteiger partial charge on any atom is -0.408 e. The average molecular weight is 404 g/mol. The largest absolute Gasteiger partial charge is 0.419 e. The number of hydrogen-bond donors (Lipinski definition) is 1. The van der Waals surface area contributed by atoms with Gasteiger partial charge in [-0.2, -0.15) is 0 Å². The van der Waals surface area contributed by atoms with Crippen LogP contribution in [0.4, 0.5) is 5.69 Å². The number of thioether (sulfide) groups is 1. The summed E-state index contributed by atoms with van der Waals surface area (Å²) in [6.07, 6.45) is 0.182. The van der Waals surface area contributed by atoms with Gasteiger partial charge >= 0.3 is 5.76 Å². The molecule has 1 amide bonds. The second-order valence-electron chi connectivity index (χ2n) is 6.56. The van der Waals surface area contributed by atoms with Crippen LogP contribution in [0.15, 0.2) is 93.0 Å². The summed E-state index contributed by atoms with van der Waals surface area (Å²) in [5.74, 6) is 0.234. The van der Waals surface area contributed by atoms with E-state index in [1.165, 1.54) is 10.1 Å². The first-order chi connectivity index (χ1) is 14.2. The van der Waals surface area contributed by atoms with E-state index in [9.17, 15) is 9.59 Å². The van der Waals surface area contributed by atoms with Crippen LogP contribution in [0, 0.1) is 0 Å². The van der Waals surface area contributed by atoms with E-state index in [1.807, 2.05) is 60.7 Å². The smallest absolute Gasteiger partial charge is 0.408 e. The maximum atomic E-state index is 12.5. The number of para-hydroxylation sites is 3. The quantitative estimate of drug-likeness (QED) is 0.444. The van der Waals surface area contributed by atoms with Crippen molar-refractivity contribution in [3.05, 3.63) is 95.0 Å². The van der Waals surface area contributed by atoms with E-state index in [2.05, 4.69) is 17.4 Å². The lowest BCUT2D eigenvalue weighted by molar-refractivity contribution is -0.116. The molecule has 1 heterocycles.